The average molecular weight is 158 g/mol. The number of hydrogen-bond acceptors (Lipinski definition) is 6. The summed E-state index contributed by atoms with van der Waals surface area (Å²) in [5, 5.41) is 18.4. The third-order valence-corrected chi connectivity index (χ3v) is 0.683. The predicted octanol–water partition coefficient (Wildman–Crippen LogP) is -0.165. The zero-order valence-electron chi connectivity index (χ0n) is 5.77. The van der Waals surface area contributed by atoms with Gasteiger partial charge < -0.3 is 14.7 Å². The lowest BCUT2D eigenvalue weighted by Crippen LogP contribution is -2.18. The second-order valence-corrected chi connectivity index (χ2v) is 1.32. The number of nitriles is 1. The van der Waals surface area contributed by atoms with Crippen molar-refractivity contribution in [1.29, 1.82) is 5.26 Å². The van der Waals surface area contributed by atoms with Gasteiger partial charge in [-0.3, -0.25) is 0 Å². The van der Waals surface area contributed by atoms with Gasteiger partial charge in [0.05, 0.1) is 6.61 Å². The molecule has 0 spiro atoms. The maximum Gasteiger partial charge on any atom is 0.398 e. The van der Waals surface area contributed by atoms with Crippen molar-refractivity contribution >= 4 is 11.9 Å². The Labute approximate surface area is 62.6 Å². The SMILES string of the molecule is CCOC(=O)/C(=N/O)OC#N. The molecule has 0 saturated heterocycles. The molecule has 0 amide bonds. The van der Waals surface area contributed by atoms with Crippen LogP contribution in [0.3, 0.4) is 0 Å². The molecule has 6 nitrogen and oxygen atoms in total. The molecule has 0 atom stereocenters. The average Bonchev–Trinajstić information content (AvgIpc) is 2.00. The Morgan fingerprint density at radius 3 is 2.82 bits per heavy atom. The van der Waals surface area contributed by atoms with Gasteiger partial charge in [-0.1, -0.05) is 0 Å². The largest absolute Gasteiger partial charge is 0.459 e. The van der Waals surface area contributed by atoms with Crippen LogP contribution in [0.4, 0.5) is 0 Å². The lowest BCUT2D eigenvalue weighted by Gasteiger charge is -1.97. The van der Waals surface area contributed by atoms with Crippen molar-refractivity contribution in [2.75, 3.05) is 6.61 Å². The van der Waals surface area contributed by atoms with Crippen LogP contribution >= 0.6 is 0 Å². The molecule has 0 aliphatic carbocycles. The summed E-state index contributed by atoms with van der Waals surface area (Å²) in [4.78, 5) is 10.6. The van der Waals surface area contributed by atoms with Gasteiger partial charge in [-0.15, -0.1) is 5.26 Å². The van der Waals surface area contributed by atoms with Crippen molar-refractivity contribution in [1.82, 2.24) is 0 Å². The first-order chi connectivity index (χ1) is 5.26. The summed E-state index contributed by atoms with van der Waals surface area (Å²) < 4.78 is 8.28. The molecule has 0 aromatic heterocycles. The minimum Gasteiger partial charge on any atom is -0.459 e. The van der Waals surface area contributed by atoms with E-state index in [1.165, 1.54) is 6.26 Å². The highest BCUT2D eigenvalue weighted by molar-refractivity contribution is 6.32. The highest BCUT2D eigenvalue weighted by Gasteiger charge is 2.14. The summed E-state index contributed by atoms with van der Waals surface area (Å²) in [6.45, 7) is 1.69. The normalized spacial score (nSPS) is 10.0. The Morgan fingerprint density at radius 2 is 2.45 bits per heavy atom. The first-order valence-corrected chi connectivity index (χ1v) is 2.71. The van der Waals surface area contributed by atoms with Crippen molar-refractivity contribution in [3.63, 3.8) is 0 Å². The summed E-state index contributed by atoms with van der Waals surface area (Å²) in [7, 11) is 0. The van der Waals surface area contributed by atoms with Crippen molar-refractivity contribution in [3.8, 4) is 6.26 Å². The number of carbonyl (C=O) groups excluding carboxylic acids is 1. The molecule has 0 saturated carbocycles. The molecule has 0 radical (unpaired) electrons. The number of ether oxygens (including phenoxy) is 2. The Morgan fingerprint density at radius 1 is 1.82 bits per heavy atom. The highest BCUT2D eigenvalue weighted by Crippen LogP contribution is 1.85. The first kappa shape index (κ1) is 9.23. The molecule has 0 fully saturated rings. The van der Waals surface area contributed by atoms with E-state index < -0.39 is 11.9 Å². The molecule has 0 aromatic rings. The van der Waals surface area contributed by atoms with Gasteiger partial charge in [0.2, 0.25) is 0 Å². The van der Waals surface area contributed by atoms with Crippen molar-refractivity contribution in [2.45, 2.75) is 6.92 Å². The molecule has 0 bridgehead atoms. The Bertz CT molecular complexity index is 205. The van der Waals surface area contributed by atoms with E-state index in [0.717, 1.165) is 0 Å². The highest BCUT2D eigenvalue weighted by atomic mass is 16.6. The fraction of sp³-hybridized carbons (Fsp3) is 0.400. The molecule has 1 N–H and O–H groups in total. The second kappa shape index (κ2) is 5.05. The summed E-state index contributed by atoms with van der Waals surface area (Å²) in [6, 6.07) is 0. The Hall–Kier alpha value is -1.77. The monoisotopic (exact) mass is 158 g/mol. The Balaban J connectivity index is 4.07. The van der Waals surface area contributed by atoms with E-state index in [2.05, 4.69) is 14.6 Å². The van der Waals surface area contributed by atoms with Crippen LogP contribution in [0.2, 0.25) is 0 Å². The number of rotatable bonds is 1. The molecular weight excluding hydrogens is 152 g/mol. The van der Waals surface area contributed by atoms with E-state index in [-0.39, 0.29) is 6.61 Å². The molecule has 60 valence electrons. The van der Waals surface area contributed by atoms with Gasteiger partial charge in [-0.2, -0.15) is 0 Å². The molecule has 11 heavy (non-hydrogen) atoms. The molecule has 0 heterocycles. The Kier molecular flexibility index (Phi) is 4.24. The van der Waals surface area contributed by atoms with Crippen LogP contribution < -0.4 is 0 Å². The van der Waals surface area contributed by atoms with Gasteiger partial charge in [-0.25, -0.2) is 4.79 Å². The molecule has 6 heteroatoms. The van der Waals surface area contributed by atoms with Crippen molar-refractivity contribution < 1.29 is 19.5 Å². The van der Waals surface area contributed by atoms with Crippen molar-refractivity contribution in [2.24, 2.45) is 5.16 Å². The summed E-state index contributed by atoms with van der Waals surface area (Å²) >= 11 is 0. The van der Waals surface area contributed by atoms with E-state index in [0.29, 0.717) is 0 Å². The van der Waals surface area contributed by atoms with Gasteiger partial charge in [0.15, 0.2) is 0 Å². The van der Waals surface area contributed by atoms with E-state index >= 15 is 0 Å². The molecule has 0 aromatic carbocycles. The number of hydrogen-bond donors (Lipinski definition) is 1. The topological polar surface area (TPSA) is 91.9 Å². The first-order valence-electron chi connectivity index (χ1n) is 2.71. The smallest absolute Gasteiger partial charge is 0.398 e. The van der Waals surface area contributed by atoms with Crippen LogP contribution in [0.1, 0.15) is 6.92 Å². The van der Waals surface area contributed by atoms with Gasteiger partial charge in [-0.05, 0) is 12.1 Å². The molecule has 0 rings (SSSR count). The molecule has 0 unspecified atom stereocenters. The maximum absolute atomic E-state index is 10.6. The summed E-state index contributed by atoms with van der Waals surface area (Å²) in [5.41, 5.74) is 0. The van der Waals surface area contributed by atoms with Crippen LogP contribution in [0.5, 0.6) is 0 Å². The zero-order valence-corrected chi connectivity index (χ0v) is 5.77. The molecule has 0 aliphatic heterocycles. The molecular formula is C5H6N2O4. The lowest BCUT2D eigenvalue weighted by atomic mass is 10.6. The predicted molar refractivity (Wildman–Crippen MR) is 32.6 cm³/mol. The minimum absolute atomic E-state index is 0.118. The van der Waals surface area contributed by atoms with Crippen molar-refractivity contribution in [3.05, 3.63) is 0 Å². The van der Waals surface area contributed by atoms with Crippen LogP contribution in [-0.4, -0.2) is 23.7 Å². The van der Waals surface area contributed by atoms with Crippen LogP contribution in [0.25, 0.3) is 0 Å². The number of oxime groups is 1. The number of esters is 1. The number of nitrogens with zero attached hydrogens (tertiary/aromatic N) is 2. The van der Waals surface area contributed by atoms with Gasteiger partial charge in [0.25, 0.3) is 6.26 Å². The molecule has 0 aliphatic rings. The van der Waals surface area contributed by atoms with E-state index in [1.807, 2.05) is 0 Å². The maximum atomic E-state index is 10.6. The van der Waals surface area contributed by atoms with Gasteiger partial charge in [0, 0.05) is 0 Å². The number of carbonyl (C=O) groups is 1. The standard InChI is InChI=1S/C5H6N2O4/c1-2-10-5(8)4(7-9)11-3-6/h9H,2H2,1H3/b7-4-. The van der Waals surface area contributed by atoms with E-state index in [1.54, 1.807) is 6.92 Å². The fourth-order valence-corrected chi connectivity index (χ4v) is 0.339. The zero-order chi connectivity index (χ0) is 8.69. The quantitative estimate of drug-likeness (QED) is 0.143. The third-order valence-electron chi connectivity index (χ3n) is 0.683. The van der Waals surface area contributed by atoms with E-state index in [9.17, 15) is 4.79 Å². The van der Waals surface area contributed by atoms with Crippen LogP contribution in [0.15, 0.2) is 5.16 Å². The summed E-state index contributed by atoms with van der Waals surface area (Å²) in [5.74, 6) is -1.74. The fourth-order valence-electron chi connectivity index (χ4n) is 0.339. The van der Waals surface area contributed by atoms with Gasteiger partial charge in [0.1, 0.15) is 0 Å². The van der Waals surface area contributed by atoms with Gasteiger partial charge >= 0.3 is 11.9 Å². The van der Waals surface area contributed by atoms with E-state index in [4.69, 9.17) is 10.5 Å². The third kappa shape index (κ3) is 3.05. The summed E-state index contributed by atoms with van der Waals surface area (Å²) in [6.07, 6.45) is 1.17. The second-order valence-electron chi connectivity index (χ2n) is 1.32. The van der Waals surface area contributed by atoms with Crippen LogP contribution in [0, 0.1) is 11.5 Å². The lowest BCUT2D eigenvalue weighted by molar-refractivity contribution is -0.136. The van der Waals surface area contributed by atoms with Crippen LogP contribution in [-0.2, 0) is 14.3 Å². The minimum atomic E-state index is -0.975.